The number of carbonyl (C=O) groups is 6. The molecular formula is C88H126N10O30. The van der Waals surface area contributed by atoms with Crippen molar-refractivity contribution in [1.29, 1.82) is 0 Å². The van der Waals surface area contributed by atoms with Crippen molar-refractivity contribution in [2.45, 2.75) is 276 Å². The molecule has 4 saturated heterocycles. The minimum atomic E-state index is -1.76. The summed E-state index contributed by atoms with van der Waals surface area (Å²) in [5.41, 5.74) is 39.3. The topological polar surface area (TPSA) is 616 Å². The highest BCUT2D eigenvalue weighted by atomic mass is 16.8. The van der Waals surface area contributed by atoms with E-state index in [0.29, 0.717) is 37.7 Å². The normalized spacial score (nSPS) is 34.4. The number of Topliss-reactive ketones (excluding diaryl/α,β-unsaturated/α-hetero) is 2. The molecule has 6 fully saturated rings. The van der Waals surface area contributed by atoms with Crippen LogP contribution in [-0.4, -0.2) is 301 Å². The molecule has 6 heterocycles. The Morgan fingerprint density at radius 1 is 0.430 bits per heavy atom. The first-order chi connectivity index (χ1) is 61.8. The Morgan fingerprint density at radius 2 is 0.828 bits per heavy atom. The van der Waals surface area contributed by atoms with Crippen molar-refractivity contribution >= 4 is 35.9 Å². The van der Waals surface area contributed by atoms with E-state index < -0.39 is 246 Å². The average Bonchev–Trinajstić information content (AvgIpc) is 1.44. The molecule has 8 aliphatic rings. The van der Waals surface area contributed by atoms with Crippen molar-refractivity contribution in [1.82, 2.24) is 21.3 Å². The quantitative estimate of drug-likeness (QED) is 0.0203. The summed E-state index contributed by atoms with van der Waals surface area (Å²) < 4.78 is 96.3. The first kappa shape index (κ1) is 100. The second-order valence-corrected chi connectivity index (χ2v) is 33.1. The van der Waals surface area contributed by atoms with Crippen LogP contribution in [0.5, 0.6) is 0 Å². The Kier molecular flexibility index (Phi) is 39.0. The third-order valence-corrected chi connectivity index (χ3v) is 23.7. The van der Waals surface area contributed by atoms with Crippen LogP contribution in [0.25, 0.3) is 0 Å². The lowest BCUT2D eigenvalue weighted by Crippen LogP contribution is -2.63. The number of alkyl carbamates (subject to hydrolysis) is 4. The highest BCUT2D eigenvalue weighted by molar-refractivity contribution is 5.88. The second kappa shape index (κ2) is 49.8. The van der Waals surface area contributed by atoms with Crippen molar-refractivity contribution in [2.75, 3.05) is 46.1 Å². The molecule has 4 aromatic carbocycles. The molecule has 12 rings (SSSR count). The third kappa shape index (κ3) is 28.2. The van der Waals surface area contributed by atoms with Gasteiger partial charge in [0.15, 0.2) is 49.3 Å². The first-order valence-corrected chi connectivity index (χ1v) is 43.5. The number of rotatable bonds is 38. The lowest BCUT2D eigenvalue weighted by molar-refractivity contribution is -0.291. The Morgan fingerprint density at radius 3 is 1.27 bits per heavy atom. The molecule has 32 atom stereocenters. The van der Waals surface area contributed by atoms with Crippen molar-refractivity contribution in [3.05, 3.63) is 168 Å². The summed E-state index contributed by atoms with van der Waals surface area (Å²) >= 11 is 0. The van der Waals surface area contributed by atoms with Gasteiger partial charge in [0.2, 0.25) is 0 Å². The summed E-state index contributed by atoms with van der Waals surface area (Å²) in [5.74, 6) is -3.31. The monoisotopic (exact) mass is 1800 g/mol. The SMILES string of the molecule is CC[C@@H]1C=C[C@@H](NC(=O)OCc2ccccc2)[C@@H](O[C@H]2[C@H](O[C@@H]3O[C@H](CO)[C@@H](O[C@H]4O[C@@H](CNC(=O)OCc5ccccc5)C=C[C@H]4NC(=O)OCc4ccccc4)[C@H]3O)[C@@H](O)[C@H](CC(=O)[C@H](CO)NC(=O)OCc3ccccc3)C[C@@H]2C)O1.NC[C@@H]1CC[C@@H](N)[C@@H](O[C@H]2[C@H](O[C@@H]3O[C@H](CO)[C@@H](O[C@H]4O[C@@H](CN)CC[C@H]4N)[C@H]3O)[C@@H](O)[C@H](CC(=O)[C@@H](N)CO)C[C@@H]2N)O1. The molecule has 708 valence electrons. The zero-order chi connectivity index (χ0) is 91.5. The van der Waals surface area contributed by atoms with Gasteiger partial charge < -0.3 is 172 Å². The van der Waals surface area contributed by atoms with Gasteiger partial charge in [-0.25, -0.2) is 19.2 Å². The van der Waals surface area contributed by atoms with Crippen LogP contribution in [0.1, 0.15) is 93.9 Å². The molecule has 0 spiro atoms. The predicted molar refractivity (Wildman–Crippen MR) is 451 cm³/mol. The zero-order valence-corrected chi connectivity index (χ0v) is 71.5. The number of aliphatic hydroxyl groups is 8. The summed E-state index contributed by atoms with van der Waals surface area (Å²) in [5, 5.41) is 98.6. The van der Waals surface area contributed by atoms with E-state index in [-0.39, 0.29) is 84.0 Å². The van der Waals surface area contributed by atoms with E-state index in [9.17, 15) is 69.6 Å². The molecule has 40 nitrogen and oxygen atoms in total. The number of nitrogens with two attached hydrogens (primary N) is 6. The van der Waals surface area contributed by atoms with E-state index in [1.807, 2.05) is 49.4 Å². The van der Waals surface area contributed by atoms with Crippen molar-refractivity contribution in [3.8, 4) is 0 Å². The lowest BCUT2D eigenvalue weighted by Gasteiger charge is -2.46. The van der Waals surface area contributed by atoms with Gasteiger partial charge in [-0.1, -0.05) is 159 Å². The van der Waals surface area contributed by atoms with Gasteiger partial charge >= 0.3 is 24.4 Å². The number of ether oxygens (including phenoxy) is 16. The number of benzene rings is 4. The van der Waals surface area contributed by atoms with E-state index in [0.717, 1.165) is 16.7 Å². The Labute approximate surface area is 741 Å². The summed E-state index contributed by atoms with van der Waals surface area (Å²) in [6.07, 6.45) is -19.3. The Bertz CT molecular complexity index is 4120. The van der Waals surface area contributed by atoms with E-state index in [1.165, 1.54) is 0 Å². The molecule has 4 amide bonds. The number of aliphatic hydroxyl groups excluding tert-OH is 8. The second-order valence-electron chi connectivity index (χ2n) is 33.1. The van der Waals surface area contributed by atoms with Gasteiger partial charge in [0.25, 0.3) is 0 Å². The molecule has 2 saturated carbocycles. The molecule has 0 unspecified atom stereocenters. The Balaban J connectivity index is 0.000000302. The first-order valence-electron chi connectivity index (χ1n) is 43.5. The fourth-order valence-electron chi connectivity index (χ4n) is 16.4. The molecular weight excluding hydrogens is 1680 g/mol. The molecule has 4 aromatic rings. The number of hydrogen-bond acceptors (Lipinski definition) is 36. The van der Waals surface area contributed by atoms with Crippen LogP contribution >= 0.6 is 0 Å². The van der Waals surface area contributed by atoms with Crippen LogP contribution in [0.2, 0.25) is 0 Å². The van der Waals surface area contributed by atoms with E-state index in [4.69, 9.17) is 110 Å². The fraction of sp³-hybridized carbons (Fsp3) is 0.614. The van der Waals surface area contributed by atoms with Crippen molar-refractivity contribution in [2.24, 2.45) is 52.2 Å². The number of amides is 4. The number of hydrogen-bond donors (Lipinski definition) is 18. The molecule has 0 radical (unpaired) electrons. The standard InChI is InChI=1S/C61H74N4O19.C27H52N6O11/c1-3-43-24-26-45(63-59(72)76-34-39-18-10-5-11-19-39)55(79-43)82-52-37(2)28-42(29-48(68)47(31-66)65-61(74)78-36-41-22-14-7-15-23-41)50(69)54(52)84-57-51(70)53(49(32-67)81-57)83-56-46(64-60(73)77-35-40-20-12-6-13-21-40)27-25-44(80-56)30-62-58(71)75-33-38-16-8-4-9-17-38;28-7-12-1-3-14(30)25(39-12)42-22-16(32)5-11(6-18(36)17(33)9-34)20(37)24(22)44-27-21(38)23(19(10-35)41-27)43-26-15(31)4-2-13(8-29)40-26/h4-27,37,42-47,49-57,66-67,69-70H,3,28-36H2,1-2H3,(H,62,71)(H,63,72)(H,64,73)(H,65,74);11-17,19-27,34-35,37-38H,1-10,28-33H2/t37-,42-,43+,44+,45+,46+,47-,49+,50-,51+,52+,53+,54+,55+,56+,57-;11-,12-,13+,14+,15+,16-,17-,19+,20-,21+,22+,23+,24+,25+,26+,27-/m00/s1. The van der Waals surface area contributed by atoms with Gasteiger partial charge in [0, 0.05) is 32.0 Å². The maximum Gasteiger partial charge on any atom is 0.408 e. The summed E-state index contributed by atoms with van der Waals surface area (Å²) in [6.45, 7) is 1.31. The van der Waals surface area contributed by atoms with Crippen LogP contribution in [0.15, 0.2) is 146 Å². The molecule has 128 heavy (non-hydrogen) atoms. The van der Waals surface area contributed by atoms with Crippen molar-refractivity contribution < 1.29 is 145 Å². The fourth-order valence-corrected chi connectivity index (χ4v) is 16.4. The van der Waals surface area contributed by atoms with Crippen LogP contribution < -0.4 is 55.7 Å². The molecule has 2 aliphatic carbocycles. The van der Waals surface area contributed by atoms with Crippen LogP contribution in [0.4, 0.5) is 19.2 Å². The summed E-state index contributed by atoms with van der Waals surface area (Å²) in [4.78, 5) is 78.8. The van der Waals surface area contributed by atoms with Gasteiger partial charge in [-0.3, -0.25) is 9.59 Å². The average molecular weight is 1800 g/mol. The number of ketones is 2. The Hall–Kier alpha value is -8.26. The van der Waals surface area contributed by atoms with Gasteiger partial charge in [0.1, 0.15) is 99.5 Å². The molecule has 24 N–H and O–H groups in total. The number of carbonyl (C=O) groups excluding carboxylic acids is 6. The minimum absolute atomic E-state index is 0.00893. The highest BCUT2D eigenvalue weighted by Crippen LogP contribution is 2.42. The largest absolute Gasteiger partial charge is 0.445 e. The van der Waals surface area contributed by atoms with Crippen LogP contribution in [-0.2, 0) is 112 Å². The van der Waals surface area contributed by atoms with Crippen molar-refractivity contribution in [3.63, 3.8) is 0 Å². The van der Waals surface area contributed by atoms with Crippen LogP contribution in [0, 0.1) is 17.8 Å². The minimum Gasteiger partial charge on any atom is -0.445 e. The highest BCUT2D eigenvalue weighted by Gasteiger charge is 2.56. The zero-order valence-electron chi connectivity index (χ0n) is 71.5. The van der Waals surface area contributed by atoms with Gasteiger partial charge in [-0.05, 0) is 85.0 Å². The van der Waals surface area contributed by atoms with E-state index in [2.05, 4.69) is 21.3 Å². The smallest absolute Gasteiger partial charge is 0.408 e. The molecule has 0 bridgehead atoms. The predicted octanol–water partition coefficient (Wildman–Crippen LogP) is -0.239. The van der Waals surface area contributed by atoms with E-state index in [1.54, 1.807) is 110 Å². The van der Waals surface area contributed by atoms with E-state index >= 15 is 0 Å². The van der Waals surface area contributed by atoms with Gasteiger partial charge in [-0.2, -0.15) is 0 Å². The third-order valence-electron chi connectivity index (χ3n) is 23.7. The molecule has 40 heteroatoms. The maximum atomic E-state index is 14.0. The molecule has 6 aliphatic heterocycles. The lowest BCUT2D eigenvalue weighted by atomic mass is 9.74. The summed E-state index contributed by atoms with van der Waals surface area (Å²) in [6, 6.07) is 29.7. The number of nitrogens with one attached hydrogen (secondary N) is 4. The van der Waals surface area contributed by atoms with Gasteiger partial charge in [-0.15, -0.1) is 0 Å². The van der Waals surface area contributed by atoms with Crippen LogP contribution in [0.3, 0.4) is 0 Å². The maximum absolute atomic E-state index is 14.0. The molecule has 0 aromatic heterocycles. The van der Waals surface area contributed by atoms with Gasteiger partial charge in [0.05, 0.1) is 93.8 Å². The summed E-state index contributed by atoms with van der Waals surface area (Å²) in [7, 11) is 0.